The summed E-state index contributed by atoms with van der Waals surface area (Å²) in [5.41, 5.74) is 0.430. The van der Waals surface area contributed by atoms with Gasteiger partial charge in [-0.2, -0.15) is 13.2 Å². The smallest absolute Gasteiger partial charge is 0.350 e. The van der Waals surface area contributed by atoms with E-state index in [9.17, 15) is 27.6 Å². The van der Waals surface area contributed by atoms with Crippen LogP contribution in [0.3, 0.4) is 0 Å². The Hall–Kier alpha value is -3.66. The Morgan fingerprint density at radius 3 is 2.63 bits per heavy atom. The molecule has 1 aromatic heterocycles. The van der Waals surface area contributed by atoms with Crippen LogP contribution >= 0.6 is 11.3 Å². The van der Waals surface area contributed by atoms with Crippen LogP contribution in [0.2, 0.25) is 0 Å². The lowest BCUT2D eigenvalue weighted by Crippen LogP contribution is -2.51. The number of nitrogens with one attached hydrogen (secondary N) is 2. The number of rotatable bonds is 4. The summed E-state index contributed by atoms with van der Waals surface area (Å²) in [5, 5.41) is 7.52. The second-order valence-electron chi connectivity index (χ2n) is 8.49. The zero-order valence-corrected chi connectivity index (χ0v) is 19.1. The van der Waals surface area contributed by atoms with Gasteiger partial charge < -0.3 is 15.5 Å². The number of benzene rings is 2. The van der Waals surface area contributed by atoms with E-state index in [-0.39, 0.29) is 30.1 Å². The lowest BCUT2D eigenvalue weighted by atomic mass is 9.99. The molecule has 2 atom stereocenters. The van der Waals surface area contributed by atoms with Gasteiger partial charge >= 0.3 is 6.18 Å². The molecule has 1 fully saturated rings. The molecule has 0 radical (unpaired) electrons. The fraction of sp³-hybridized carbons (Fsp3) is 0.240. The SMILES string of the molecule is O=C(Cc1cccs1)NC1CCN2C(=O)c3cc(-c4cccc(C(F)(F)F)c4)ccc3NC(=O)C12. The van der Waals surface area contributed by atoms with Crippen LogP contribution in [0.1, 0.15) is 27.2 Å². The highest BCUT2D eigenvalue weighted by Gasteiger charge is 2.45. The number of nitrogens with zero attached hydrogens (tertiary/aromatic N) is 1. The number of carbonyl (C=O) groups is 3. The van der Waals surface area contributed by atoms with Crippen molar-refractivity contribution in [1.29, 1.82) is 0 Å². The Balaban J connectivity index is 1.40. The van der Waals surface area contributed by atoms with Gasteiger partial charge in [-0.1, -0.05) is 24.3 Å². The summed E-state index contributed by atoms with van der Waals surface area (Å²) < 4.78 is 39.5. The monoisotopic (exact) mass is 499 g/mol. The first-order valence-corrected chi connectivity index (χ1v) is 11.8. The number of hydrogen-bond donors (Lipinski definition) is 2. The Labute approximate surface area is 202 Å². The van der Waals surface area contributed by atoms with Crippen LogP contribution in [0.25, 0.3) is 11.1 Å². The van der Waals surface area contributed by atoms with Gasteiger partial charge in [0.25, 0.3) is 5.91 Å². The van der Waals surface area contributed by atoms with E-state index >= 15 is 0 Å². The second kappa shape index (κ2) is 8.84. The minimum atomic E-state index is -4.49. The predicted octanol–water partition coefficient (Wildman–Crippen LogP) is 4.33. The number of anilines is 1. The van der Waals surface area contributed by atoms with E-state index in [4.69, 9.17) is 0 Å². The number of amides is 3. The normalized spacial score (nSPS) is 19.6. The third-order valence-corrected chi connectivity index (χ3v) is 7.10. The summed E-state index contributed by atoms with van der Waals surface area (Å²) in [6.07, 6.45) is -3.88. The van der Waals surface area contributed by atoms with Crippen LogP contribution in [0.4, 0.5) is 18.9 Å². The average Bonchev–Trinajstić information content (AvgIpc) is 3.46. The molecule has 2 aliphatic rings. The minimum Gasteiger partial charge on any atom is -0.350 e. The molecule has 3 aromatic rings. The highest BCUT2D eigenvalue weighted by atomic mass is 32.1. The molecule has 0 bridgehead atoms. The van der Waals surface area contributed by atoms with Crippen molar-refractivity contribution < 1.29 is 27.6 Å². The zero-order valence-electron chi connectivity index (χ0n) is 18.3. The summed E-state index contributed by atoms with van der Waals surface area (Å²) in [4.78, 5) is 41.3. The molecule has 10 heteroatoms. The molecule has 3 amide bonds. The van der Waals surface area contributed by atoms with E-state index in [1.54, 1.807) is 6.07 Å². The van der Waals surface area contributed by atoms with Gasteiger partial charge in [-0.3, -0.25) is 14.4 Å². The van der Waals surface area contributed by atoms with Gasteiger partial charge in [-0.25, -0.2) is 0 Å². The lowest BCUT2D eigenvalue weighted by Gasteiger charge is -2.25. The molecule has 2 aromatic carbocycles. The van der Waals surface area contributed by atoms with E-state index in [0.717, 1.165) is 17.0 Å². The highest BCUT2D eigenvalue weighted by molar-refractivity contribution is 7.10. The molecule has 2 aliphatic heterocycles. The van der Waals surface area contributed by atoms with Crippen molar-refractivity contribution in [3.05, 3.63) is 76.0 Å². The summed E-state index contributed by atoms with van der Waals surface area (Å²) >= 11 is 1.46. The second-order valence-corrected chi connectivity index (χ2v) is 9.52. The number of thiophene rings is 1. The molecule has 6 nitrogen and oxygen atoms in total. The Kier molecular flexibility index (Phi) is 5.84. The van der Waals surface area contributed by atoms with E-state index in [2.05, 4.69) is 10.6 Å². The molecular weight excluding hydrogens is 479 g/mol. The van der Waals surface area contributed by atoms with Crippen LogP contribution in [-0.4, -0.2) is 41.2 Å². The van der Waals surface area contributed by atoms with Gasteiger partial charge in [0, 0.05) is 11.4 Å². The Bertz CT molecular complexity index is 1310. The number of halogens is 3. The number of carbonyl (C=O) groups excluding carboxylic acids is 3. The molecule has 0 spiro atoms. The molecule has 35 heavy (non-hydrogen) atoms. The minimum absolute atomic E-state index is 0.191. The summed E-state index contributed by atoms with van der Waals surface area (Å²) in [6.45, 7) is 0.272. The number of alkyl halides is 3. The van der Waals surface area contributed by atoms with Crippen LogP contribution < -0.4 is 10.6 Å². The van der Waals surface area contributed by atoms with E-state index < -0.39 is 35.6 Å². The van der Waals surface area contributed by atoms with Crippen LogP contribution in [0.15, 0.2) is 60.0 Å². The van der Waals surface area contributed by atoms with E-state index in [0.29, 0.717) is 17.5 Å². The summed E-state index contributed by atoms with van der Waals surface area (Å²) in [7, 11) is 0. The lowest BCUT2D eigenvalue weighted by molar-refractivity contribution is -0.137. The fourth-order valence-electron chi connectivity index (χ4n) is 4.57. The summed E-state index contributed by atoms with van der Waals surface area (Å²) in [6, 6.07) is 11.7. The predicted molar refractivity (Wildman–Crippen MR) is 125 cm³/mol. The molecule has 3 heterocycles. The maximum absolute atomic E-state index is 13.4. The van der Waals surface area contributed by atoms with Gasteiger partial charge in [0.2, 0.25) is 11.8 Å². The number of hydrogen-bond acceptors (Lipinski definition) is 4. The molecule has 5 rings (SSSR count). The topological polar surface area (TPSA) is 78.5 Å². The molecule has 180 valence electrons. The van der Waals surface area contributed by atoms with Crippen molar-refractivity contribution in [3.63, 3.8) is 0 Å². The first kappa shape index (κ1) is 23.1. The Morgan fingerprint density at radius 2 is 1.89 bits per heavy atom. The van der Waals surface area contributed by atoms with Crippen molar-refractivity contribution in [2.24, 2.45) is 0 Å². The fourth-order valence-corrected chi connectivity index (χ4v) is 5.27. The third kappa shape index (κ3) is 4.53. The quantitative estimate of drug-likeness (QED) is 0.561. The van der Waals surface area contributed by atoms with Crippen LogP contribution in [-0.2, 0) is 22.2 Å². The van der Waals surface area contributed by atoms with Gasteiger partial charge in [-0.15, -0.1) is 11.3 Å². The maximum Gasteiger partial charge on any atom is 0.416 e. The molecule has 0 saturated carbocycles. The van der Waals surface area contributed by atoms with Crippen molar-refractivity contribution in [1.82, 2.24) is 10.2 Å². The molecule has 0 aliphatic carbocycles. The average molecular weight is 500 g/mol. The zero-order chi connectivity index (χ0) is 24.7. The van der Waals surface area contributed by atoms with Crippen molar-refractivity contribution >= 4 is 34.7 Å². The standard InChI is InChI=1S/C25H20F3N3O3S/c26-25(27,28)16-4-1-3-14(11-16)15-6-7-19-18(12-15)24(34)31-9-8-20(22(31)23(33)30-19)29-21(32)13-17-5-2-10-35-17/h1-7,10-12,20,22H,8-9,13H2,(H,29,32)(H,30,33). The third-order valence-electron chi connectivity index (χ3n) is 6.22. The van der Waals surface area contributed by atoms with E-state index in [1.165, 1.54) is 40.5 Å². The Morgan fingerprint density at radius 1 is 1.09 bits per heavy atom. The first-order chi connectivity index (χ1) is 16.7. The molecular formula is C25H20F3N3O3S. The highest BCUT2D eigenvalue weighted by Crippen LogP contribution is 2.35. The van der Waals surface area contributed by atoms with Gasteiger partial charge in [-0.05, 0) is 53.3 Å². The largest absolute Gasteiger partial charge is 0.416 e. The maximum atomic E-state index is 13.4. The van der Waals surface area contributed by atoms with E-state index in [1.807, 2.05) is 17.5 Å². The van der Waals surface area contributed by atoms with Crippen LogP contribution in [0.5, 0.6) is 0 Å². The van der Waals surface area contributed by atoms with Gasteiger partial charge in [0.1, 0.15) is 6.04 Å². The van der Waals surface area contributed by atoms with Crippen molar-refractivity contribution in [3.8, 4) is 11.1 Å². The first-order valence-electron chi connectivity index (χ1n) is 11.0. The van der Waals surface area contributed by atoms with Gasteiger partial charge in [0.15, 0.2) is 0 Å². The molecule has 1 saturated heterocycles. The van der Waals surface area contributed by atoms with Gasteiger partial charge in [0.05, 0.1) is 29.3 Å². The van der Waals surface area contributed by atoms with Crippen LogP contribution in [0, 0.1) is 0 Å². The van der Waals surface area contributed by atoms with Crippen molar-refractivity contribution in [2.45, 2.75) is 31.1 Å². The molecule has 2 unspecified atom stereocenters. The summed E-state index contributed by atoms with van der Waals surface area (Å²) in [5.74, 6) is -1.05. The number of fused-ring (bicyclic) bond motifs is 2. The molecule has 2 N–H and O–H groups in total. The van der Waals surface area contributed by atoms with Crippen molar-refractivity contribution in [2.75, 3.05) is 11.9 Å².